The first kappa shape index (κ1) is 21.1. The van der Waals surface area contributed by atoms with Crippen molar-refractivity contribution in [2.24, 2.45) is 0 Å². The van der Waals surface area contributed by atoms with Crippen molar-refractivity contribution in [1.82, 2.24) is 10.2 Å². The van der Waals surface area contributed by atoms with Crippen molar-refractivity contribution in [2.45, 2.75) is 44.8 Å². The Labute approximate surface area is 184 Å². The summed E-state index contributed by atoms with van der Waals surface area (Å²) in [6.07, 6.45) is 3.49. The maximum atomic E-state index is 11.8. The standard InChI is InChI=1S/C27H30N2O2/c30-26-10-5-4-9-24(26)25(17-16-21-7-2-1-3-8-21)28-19-22-12-14-23(15-13-22)20-29-18-6-11-27(29)31/h1-5,7-10,12-15,25,28,30H,6,11,16-20H2/t25-/m0/s1. The van der Waals surface area contributed by atoms with Crippen LogP contribution in [0, 0.1) is 0 Å². The lowest BCUT2D eigenvalue weighted by molar-refractivity contribution is -0.128. The molecule has 0 aliphatic carbocycles. The van der Waals surface area contributed by atoms with Gasteiger partial charge in [-0.05, 0) is 42.0 Å². The first-order valence-electron chi connectivity index (χ1n) is 11.1. The summed E-state index contributed by atoms with van der Waals surface area (Å²) in [5.41, 5.74) is 4.59. The molecule has 0 spiro atoms. The number of aryl methyl sites for hydroxylation is 1. The summed E-state index contributed by atoms with van der Waals surface area (Å²) < 4.78 is 0. The number of carbonyl (C=O) groups is 1. The fraction of sp³-hybridized carbons (Fsp3) is 0.296. The van der Waals surface area contributed by atoms with Crippen LogP contribution in [0.2, 0.25) is 0 Å². The van der Waals surface area contributed by atoms with Crippen LogP contribution in [0.5, 0.6) is 5.75 Å². The number of hydrogen-bond acceptors (Lipinski definition) is 3. The maximum Gasteiger partial charge on any atom is 0.222 e. The summed E-state index contributed by atoms with van der Waals surface area (Å²) >= 11 is 0. The SMILES string of the molecule is O=C1CCCN1Cc1ccc(CN[C@@H](CCc2ccccc2)c2ccccc2O)cc1. The third kappa shape index (κ3) is 5.74. The highest BCUT2D eigenvalue weighted by Crippen LogP contribution is 2.27. The second kappa shape index (κ2) is 10.3. The molecule has 1 aliphatic rings. The Hall–Kier alpha value is -3.11. The van der Waals surface area contributed by atoms with Crippen LogP contribution in [-0.4, -0.2) is 22.5 Å². The van der Waals surface area contributed by atoms with Gasteiger partial charge in [0.05, 0.1) is 0 Å². The second-order valence-corrected chi connectivity index (χ2v) is 8.25. The Morgan fingerprint density at radius 2 is 1.58 bits per heavy atom. The lowest BCUT2D eigenvalue weighted by atomic mass is 9.97. The summed E-state index contributed by atoms with van der Waals surface area (Å²) in [4.78, 5) is 13.8. The molecule has 1 atom stereocenters. The van der Waals surface area contributed by atoms with Gasteiger partial charge in [-0.2, -0.15) is 0 Å². The Morgan fingerprint density at radius 1 is 0.871 bits per heavy atom. The van der Waals surface area contributed by atoms with Crippen molar-refractivity contribution < 1.29 is 9.90 Å². The van der Waals surface area contributed by atoms with E-state index in [0.717, 1.165) is 37.9 Å². The smallest absolute Gasteiger partial charge is 0.222 e. The van der Waals surface area contributed by atoms with Gasteiger partial charge in [0.1, 0.15) is 5.75 Å². The van der Waals surface area contributed by atoms with Gasteiger partial charge in [0.2, 0.25) is 5.91 Å². The molecule has 1 fully saturated rings. The zero-order valence-electron chi connectivity index (χ0n) is 17.8. The van der Waals surface area contributed by atoms with Crippen molar-refractivity contribution >= 4 is 5.91 Å². The topological polar surface area (TPSA) is 52.6 Å². The number of hydrogen-bond donors (Lipinski definition) is 2. The normalized spacial score (nSPS) is 14.7. The number of rotatable bonds is 9. The average Bonchev–Trinajstić information content (AvgIpc) is 3.20. The summed E-state index contributed by atoms with van der Waals surface area (Å²) in [5.74, 6) is 0.591. The maximum absolute atomic E-state index is 11.8. The van der Waals surface area contributed by atoms with Crippen molar-refractivity contribution in [3.63, 3.8) is 0 Å². The number of phenols is 1. The minimum absolute atomic E-state index is 0.0586. The average molecular weight is 415 g/mol. The zero-order valence-corrected chi connectivity index (χ0v) is 17.8. The van der Waals surface area contributed by atoms with Crippen molar-refractivity contribution in [3.8, 4) is 5.75 Å². The van der Waals surface area contributed by atoms with Gasteiger partial charge in [-0.25, -0.2) is 0 Å². The van der Waals surface area contributed by atoms with Gasteiger partial charge in [-0.15, -0.1) is 0 Å². The largest absolute Gasteiger partial charge is 0.508 e. The van der Waals surface area contributed by atoms with E-state index in [1.165, 1.54) is 16.7 Å². The lowest BCUT2D eigenvalue weighted by Gasteiger charge is -2.21. The minimum Gasteiger partial charge on any atom is -0.508 e. The van der Waals surface area contributed by atoms with Crippen LogP contribution in [-0.2, 0) is 24.3 Å². The number of para-hydroxylation sites is 1. The Kier molecular flexibility index (Phi) is 7.00. The second-order valence-electron chi connectivity index (χ2n) is 8.25. The number of nitrogens with one attached hydrogen (secondary N) is 1. The molecule has 3 aromatic carbocycles. The highest BCUT2D eigenvalue weighted by molar-refractivity contribution is 5.78. The van der Waals surface area contributed by atoms with Gasteiger partial charge in [-0.1, -0.05) is 72.8 Å². The molecule has 1 aliphatic heterocycles. The van der Waals surface area contributed by atoms with E-state index in [4.69, 9.17) is 0 Å². The molecule has 1 amide bonds. The number of carbonyl (C=O) groups excluding carboxylic acids is 1. The van der Waals surface area contributed by atoms with Gasteiger partial charge >= 0.3 is 0 Å². The van der Waals surface area contributed by atoms with Crippen LogP contribution in [0.15, 0.2) is 78.9 Å². The molecule has 0 saturated carbocycles. The van der Waals surface area contributed by atoms with E-state index in [1.54, 1.807) is 6.07 Å². The molecule has 0 aromatic heterocycles. The van der Waals surface area contributed by atoms with Crippen LogP contribution in [0.25, 0.3) is 0 Å². The van der Waals surface area contributed by atoms with E-state index in [9.17, 15) is 9.90 Å². The monoisotopic (exact) mass is 414 g/mol. The van der Waals surface area contributed by atoms with Gasteiger partial charge in [0.15, 0.2) is 0 Å². The van der Waals surface area contributed by atoms with E-state index in [-0.39, 0.29) is 11.9 Å². The summed E-state index contributed by atoms with van der Waals surface area (Å²) in [6.45, 7) is 2.28. The predicted molar refractivity (Wildman–Crippen MR) is 124 cm³/mol. The van der Waals surface area contributed by atoms with Crippen LogP contribution in [0.3, 0.4) is 0 Å². The molecule has 160 valence electrons. The molecule has 0 radical (unpaired) electrons. The number of benzene rings is 3. The van der Waals surface area contributed by atoms with Gasteiger partial charge in [0.25, 0.3) is 0 Å². The summed E-state index contributed by atoms with van der Waals surface area (Å²) in [7, 11) is 0. The molecule has 1 heterocycles. The zero-order chi connectivity index (χ0) is 21.5. The quantitative estimate of drug-likeness (QED) is 0.519. The summed E-state index contributed by atoms with van der Waals surface area (Å²) in [6, 6.07) is 26.6. The summed E-state index contributed by atoms with van der Waals surface area (Å²) in [5, 5.41) is 14.0. The Morgan fingerprint density at radius 3 is 2.29 bits per heavy atom. The molecule has 2 N–H and O–H groups in total. The minimum atomic E-state index is 0.0586. The van der Waals surface area contributed by atoms with Crippen LogP contribution in [0.4, 0.5) is 0 Å². The van der Waals surface area contributed by atoms with Gasteiger partial charge in [0, 0.05) is 37.7 Å². The van der Waals surface area contributed by atoms with Crippen molar-refractivity contribution in [3.05, 3.63) is 101 Å². The third-order valence-electron chi connectivity index (χ3n) is 6.00. The molecule has 31 heavy (non-hydrogen) atoms. The highest BCUT2D eigenvalue weighted by atomic mass is 16.3. The van der Waals surface area contributed by atoms with E-state index in [2.05, 4.69) is 53.8 Å². The van der Waals surface area contributed by atoms with Crippen LogP contribution in [0.1, 0.15) is 47.6 Å². The fourth-order valence-corrected chi connectivity index (χ4v) is 4.20. The molecular weight excluding hydrogens is 384 g/mol. The van der Waals surface area contributed by atoms with Crippen LogP contribution < -0.4 is 5.32 Å². The Bertz CT molecular complexity index is 986. The third-order valence-corrected chi connectivity index (χ3v) is 6.00. The first-order valence-corrected chi connectivity index (χ1v) is 11.1. The molecule has 1 saturated heterocycles. The first-order chi connectivity index (χ1) is 15.2. The molecule has 4 heteroatoms. The van der Waals surface area contributed by atoms with Gasteiger partial charge < -0.3 is 15.3 Å². The van der Waals surface area contributed by atoms with E-state index in [1.807, 2.05) is 29.2 Å². The number of likely N-dealkylation sites (tertiary alicyclic amines) is 1. The number of nitrogens with zero attached hydrogens (tertiary/aromatic N) is 1. The molecule has 4 nitrogen and oxygen atoms in total. The molecule has 4 rings (SSSR count). The van der Waals surface area contributed by atoms with E-state index in [0.29, 0.717) is 18.7 Å². The Balaban J connectivity index is 1.39. The molecule has 0 bridgehead atoms. The molecule has 3 aromatic rings. The lowest BCUT2D eigenvalue weighted by Crippen LogP contribution is -2.24. The fourth-order valence-electron chi connectivity index (χ4n) is 4.20. The van der Waals surface area contributed by atoms with E-state index >= 15 is 0 Å². The number of phenolic OH excluding ortho intramolecular Hbond substituents is 1. The van der Waals surface area contributed by atoms with Gasteiger partial charge in [-0.3, -0.25) is 4.79 Å². The van der Waals surface area contributed by atoms with Crippen molar-refractivity contribution in [2.75, 3.05) is 6.54 Å². The van der Waals surface area contributed by atoms with Crippen molar-refractivity contribution in [1.29, 1.82) is 0 Å². The highest BCUT2D eigenvalue weighted by Gasteiger charge is 2.20. The number of amides is 1. The molecular formula is C27H30N2O2. The predicted octanol–water partition coefficient (Wildman–Crippen LogP) is 4.98. The molecule has 0 unspecified atom stereocenters. The van der Waals surface area contributed by atoms with E-state index < -0.39 is 0 Å². The number of aromatic hydroxyl groups is 1. The van der Waals surface area contributed by atoms with Crippen LogP contribution >= 0.6 is 0 Å².